The first kappa shape index (κ1) is 16.0. The summed E-state index contributed by atoms with van der Waals surface area (Å²) < 4.78 is 28.9. The Labute approximate surface area is 136 Å². The summed E-state index contributed by atoms with van der Waals surface area (Å²) in [6.45, 7) is 1.71. The lowest BCUT2D eigenvalue weighted by Crippen LogP contribution is -2.26. The van der Waals surface area contributed by atoms with Crippen molar-refractivity contribution in [3.05, 3.63) is 53.6 Å². The van der Waals surface area contributed by atoms with Crippen LogP contribution in [0, 0.1) is 18.6 Å². The van der Waals surface area contributed by atoms with Crippen LogP contribution in [-0.2, 0) is 4.84 Å². The minimum absolute atomic E-state index is 0.0143. The van der Waals surface area contributed by atoms with Crippen molar-refractivity contribution in [2.24, 2.45) is 0 Å². The van der Waals surface area contributed by atoms with Crippen LogP contribution < -0.4 is 0 Å². The number of hydrogen-bond donors (Lipinski definition) is 0. The standard InChI is InChI=1S/C16H14F2N4O2/c1-9-19-5-4-13-20-14(16(23)21(2)24-3)15(22(9)13)10-6-11(17)8-12(18)7-10/h4-8H,1-3H3. The Hall–Kier alpha value is -2.87. The van der Waals surface area contributed by atoms with Gasteiger partial charge in [-0.2, -0.15) is 0 Å². The third-order valence-electron chi connectivity index (χ3n) is 3.61. The summed E-state index contributed by atoms with van der Waals surface area (Å²) in [5, 5.41) is 0.990. The molecule has 3 rings (SSSR count). The monoisotopic (exact) mass is 332 g/mol. The molecule has 1 amide bonds. The van der Waals surface area contributed by atoms with Crippen LogP contribution >= 0.6 is 0 Å². The van der Waals surface area contributed by atoms with Gasteiger partial charge >= 0.3 is 0 Å². The van der Waals surface area contributed by atoms with Gasteiger partial charge in [-0.3, -0.25) is 14.0 Å². The number of nitrogens with zero attached hydrogens (tertiary/aromatic N) is 4. The minimum Gasteiger partial charge on any atom is -0.280 e. The molecule has 0 radical (unpaired) electrons. The molecule has 24 heavy (non-hydrogen) atoms. The molecule has 1 aromatic carbocycles. The number of benzene rings is 1. The number of carbonyl (C=O) groups excluding carboxylic acids is 1. The lowest BCUT2D eigenvalue weighted by atomic mass is 10.1. The van der Waals surface area contributed by atoms with Gasteiger partial charge in [0.2, 0.25) is 0 Å². The molecular formula is C16H14F2N4O2. The van der Waals surface area contributed by atoms with E-state index in [0.717, 1.165) is 23.3 Å². The van der Waals surface area contributed by atoms with Crippen molar-refractivity contribution in [2.45, 2.75) is 6.92 Å². The Morgan fingerprint density at radius 2 is 1.92 bits per heavy atom. The van der Waals surface area contributed by atoms with Gasteiger partial charge in [-0.1, -0.05) is 0 Å². The third kappa shape index (κ3) is 2.61. The fourth-order valence-electron chi connectivity index (χ4n) is 2.48. The highest BCUT2D eigenvalue weighted by Gasteiger charge is 2.25. The van der Waals surface area contributed by atoms with Crippen molar-refractivity contribution in [3.8, 4) is 11.3 Å². The number of halogens is 2. The lowest BCUT2D eigenvalue weighted by molar-refractivity contribution is -0.0759. The minimum atomic E-state index is -0.750. The van der Waals surface area contributed by atoms with Crippen LogP contribution in [-0.4, -0.2) is 39.5 Å². The van der Waals surface area contributed by atoms with E-state index in [1.807, 2.05) is 0 Å². The second-order valence-electron chi connectivity index (χ2n) is 5.14. The molecule has 0 saturated heterocycles. The van der Waals surface area contributed by atoms with Crippen LogP contribution in [0.15, 0.2) is 30.5 Å². The number of aromatic nitrogens is 3. The molecule has 8 heteroatoms. The van der Waals surface area contributed by atoms with Crippen LogP contribution in [0.1, 0.15) is 16.3 Å². The molecule has 0 saturated carbocycles. The van der Waals surface area contributed by atoms with E-state index in [1.54, 1.807) is 23.6 Å². The van der Waals surface area contributed by atoms with Gasteiger partial charge in [0.1, 0.15) is 23.1 Å². The number of rotatable bonds is 3. The highest BCUT2D eigenvalue weighted by Crippen LogP contribution is 2.28. The van der Waals surface area contributed by atoms with Gasteiger partial charge in [-0.15, -0.1) is 0 Å². The topological polar surface area (TPSA) is 59.7 Å². The summed E-state index contributed by atoms with van der Waals surface area (Å²) in [5.41, 5.74) is 0.891. The molecule has 2 heterocycles. The van der Waals surface area contributed by atoms with E-state index in [1.165, 1.54) is 14.2 Å². The van der Waals surface area contributed by atoms with E-state index in [9.17, 15) is 13.6 Å². The molecule has 0 fully saturated rings. The fourth-order valence-corrected chi connectivity index (χ4v) is 2.48. The molecule has 124 valence electrons. The maximum absolute atomic E-state index is 13.7. The summed E-state index contributed by atoms with van der Waals surface area (Å²) in [7, 11) is 2.76. The van der Waals surface area contributed by atoms with E-state index < -0.39 is 17.5 Å². The zero-order valence-electron chi connectivity index (χ0n) is 13.2. The zero-order chi connectivity index (χ0) is 17.4. The Morgan fingerprint density at radius 1 is 1.25 bits per heavy atom. The van der Waals surface area contributed by atoms with E-state index in [0.29, 0.717) is 11.5 Å². The van der Waals surface area contributed by atoms with Gasteiger partial charge < -0.3 is 0 Å². The third-order valence-corrected chi connectivity index (χ3v) is 3.61. The van der Waals surface area contributed by atoms with E-state index in [4.69, 9.17) is 4.84 Å². The number of aryl methyl sites for hydroxylation is 1. The van der Waals surface area contributed by atoms with Crippen molar-refractivity contribution in [2.75, 3.05) is 14.2 Å². The maximum Gasteiger partial charge on any atom is 0.298 e. The normalized spacial score (nSPS) is 11.0. The summed E-state index contributed by atoms with van der Waals surface area (Å²) in [4.78, 5) is 25.9. The highest BCUT2D eigenvalue weighted by molar-refractivity contribution is 5.98. The van der Waals surface area contributed by atoms with Crippen molar-refractivity contribution in [3.63, 3.8) is 0 Å². The van der Waals surface area contributed by atoms with Crippen LogP contribution in [0.25, 0.3) is 16.9 Å². The quantitative estimate of drug-likeness (QED) is 0.692. The van der Waals surface area contributed by atoms with Crippen molar-refractivity contribution in [1.82, 2.24) is 19.4 Å². The predicted molar refractivity (Wildman–Crippen MR) is 82.2 cm³/mol. The van der Waals surface area contributed by atoms with Crippen molar-refractivity contribution in [1.29, 1.82) is 0 Å². The highest BCUT2D eigenvalue weighted by atomic mass is 19.1. The number of imidazole rings is 1. The van der Waals surface area contributed by atoms with E-state index in [-0.39, 0.29) is 17.0 Å². The molecule has 2 aromatic heterocycles. The molecule has 0 aliphatic heterocycles. The summed E-state index contributed by atoms with van der Waals surface area (Å²) >= 11 is 0. The first-order valence-corrected chi connectivity index (χ1v) is 7.05. The van der Waals surface area contributed by atoms with Crippen LogP contribution in [0.4, 0.5) is 8.78 Å². The molecular weight excluding hydrogens is 318 g/mol. The average Bonchev–Trinajstić information content (AvgIpc) is 2.93. The Balaban J connectivity index is 2.36. The SMILES string of the molecule is CON(C)C(=O)c1nc2ccnc(C)n2c1-c1cc(F)cc(F)c1. The number of fused-ring (bicyclic) bond motifs is 1. The van der Waals surface area contributed by atoms with Gasteiger partial charge in [0.05, 0.1) is 12.8 Å². The predicted octanol–water partition coefficient (Wildman–Crippen LogP) is 2.62. The summed E-state index contributed by atoms with van der Waals surface area (Å²) in [5.74, 6) is -1.51. The zero-order valence-corrected chi connectivity index (χ0v) is 13.2. The van der Waals surface area contributed by atoms with Gasteiger partial charge in [-0.25, -0.2) is 23.8 Å². The first-order valence-electron chi connectivity index (χ1n) is 7.05. The van der Waals surface area contributed by atoms with Crippen molar-refractivity contribution >= 4 is 11.6 Å². The fraction of sp³-hybridized carbons (Fsp3) is 0.188. The molecule has 0 aliphatic rings. The molecule has 6 nitrogen and oxygen atoms in total. The number of amides is 1. The van der Waals surface area contributed by atoms with Crippen LogP contribution in [0.5, 0.6) is 0 Å². The van der Waals surface area contributed by atoms with Gasteiger partial charge in [-0.05, 0) is 25.1 Å². The Bertz CT molecular complexity index is 919. The van der Waals surface area contributed by atoms with Gasteiger partial charge in [0, 0.05) is 24.9 Å². The number of carbonyl (C=O) groups is 1. The van der Waals surface area contributed by atoms with E-state index in [2.05, 4.69) is 9.97 Å². The molecule has 0 atom stereocenters. The molecule has 0 unspecified atom stereocenters. The van der Waals surface area contributed by atoms with Gasteiger partial charge in [0.25, 0.3) is 5.91 Å². The Kier molecular flexibility index (Phi) is 3.98. The molecule has 0 spiro atoms. The molecule has 0 bridgehead atoms. The molecule has 0 N–H and O–H groups in total. The summed E-state index contributed by atoms with van der Waals surface area (Å²) in [6.07, 6.45) is 1.54. The maximum atomic E-state index is 13.7. The number of hydroxylamine groups is 2. The smallest absolute Gasteiger partial charge is 0.280 e. The molecule has 3 aromatic rings. The second-order valence-corrected chi connectivity index (χ2v) is 5.14. The van der Waals surface area contributed by atoms with E-state index >= 15 is 0 Å². The van der Waals surface area contributed by atoms with Crippen LogP contribution in [0.3, 0.4) is 0 Å². The van der Waals surface area contributed by atoms with Crippen molar-refractivity contribution < 1.29 is 18.4 Å². The lowest BCUT2D eigenvalue weighted by Gasteiger charge is -2.13. The Morgan fingerprint density at radius 3 is 2.54 bits per heavy atom. The second kappa shape index (κ2) is 5.97. The largest absolute Gasteiger partial charge is 0.298 e. The first-order chi connectivity index (χ1) is 11.4. The van der Waals surface area contributed by atoms with Gasteiger partial charge in [0.15, 0.2) is 5.69 Å². The molecule has 0 aliphatic carbocycles. The number of hydrogen-bond acceptors (Lipinski definition) is 4. The summed E-state index contributed by atoms with van der Waals surface area (Å²) in [6, 6.07) is 4.65. The van der Waals surface area contributed by atoms with Crippen LogP contribution in [0.2, 0.25) is 0 Å². The average molecular weight is 332 g/mol.